The van der Waals surface area contributed by atoms with Gasteiger partial charge < -0.3 is 16.4 Å². The van der Waals surface area contributed by atoms with E-state index >= 15 is 0 Å². The van der Waals surface area contributed by atoms with E-state index in [0.29, 0.717) is 6.54 Å². The second kappa shape index (κ2) is 4.34. The average Bonchev–Trinajstić information content (AvgIpc) is 2.29. The van der Waals surface area contributed by atoms with Gasteiger partial charge in [-0.2, -0.15) is 0 Å². The van der Waals surface area contributed by atoms with E-state index in [1.165, 1.54) is 0 Å². The Balaban J connectivity index is 2.12. The fourth-order valence-corrected chi connectivity index (χ4v) is 2.03. The van der Waals surface area contributed by atoms with E-state index in [1.807, 2.05) is 6.07 Å². The Morgan fingerprint density at radius 1 is 1.56 bits per heavy atom. The highest BCUT2D eigenvalue weighted by Crippen LogP contribution is 2.25. The molecule has 6 nitrogen and oxygen atoms in total. The summed E-state index contributed by atoms with van der Waals surface area (Å²) in [5, 5.41) is 0. The van der Waals surface area contributed by atoms with Gasteiger partial charge in [-0.1, -0.05) is 0 Å². The van der Waals surface area contributed by atoms with Gasteiger partial charge in [0.15, 0.2) is 0 Å². The Bertz CT molecular complexity index is 395. The summed E-state index contributed by atoms with van der Waals surface area (Å²) in [6, 6.07) is 1.47. The second-order valence-electron chi connectivity index (χ2n) is 3.96. The molecule has 2 heterocycles. The van der Waals surface area contributed by atoms with Crippen LogP contribution in [0.2, 0.25) is 0 Å². The highest BCUT2D eigenvalue weighted by atomic mass is 16.2. The van der Waals surface area contributed by atoms with Crippen LogP contribution in [0.5, 0.6) is 0 Å². The molecule has 0 spiro atoms. The normalized spacial score (nSPS) is 20.8. The summed E-state index contributed by atoms with van der Waals surface area (Å²) in [6.07, 6.45) is 3.58. The van der Waals surface area contributed by atoms with Crippen molar-refractivity contribution in [3.63, 3.8) is 0 Å². The van der Waals surface area contributed by atoms with Crippen molar-refractivity contribution in [2.24, 2.45) is 5.73 Å². The van der Waals surface area contributed by atoms with E-state index < -0.39 is 0 Å². The summed E-state index contributed by atoms with van der Waals surface area (Å²) in [5.74, 6) is 0.486. The molecule has 1 aromatic rings. The first-order valence-corrected chi connectivity index (χ1v) is 5.29. The van der Waals surface area contributed by atoms with Crippen molar-refractivity contribution >= 4 is 12.0 Å². The van der Waals surface area contributed by atoms with Crippen molar-refractivity contribution in [1.82, 2.24) is 14.9 Å². The summed E-state index contributed by atoms with van der Waals surface area (Å²) in [4.78, 5) is 20.8. The predicted octanol–water partition coefficient (Wildman–Crippen LogP) is 0.317. The van der Waals surface area contributed by atoms with Crippen molar-refractivity contribution < 1.29 is 4.79 Å². The van der Waals surface area contributed by atoms with Crippen LogP contribution in [0.1, 0.15) is 24.5 Å². The molecule has 6 heteroatoms. The van der Waals surface area contributed by atoms with Gasteiger partial charge in [-0.25, -0.2) is 14.8 Å². The van der Waals surface area contributed by atoms with Crippen LogP contribution in [-0.4, -0.2) is 34.0 Å². The van der Waals surface area contributed by atoms with Gasteiger partial charge >= 0.3 is 6.03 Å². The molecule has 1 unspecified atom stereocenters. The van der Waals surface area contributed by atoms with Crippen LogP contribution in [0.15, 0.2) is 12.3 Å². The lowest BCUT2D eigenvalue weighted by molar-refractivity contribution is 0.188. The predicted molar refractivity (Wildman–Crippen MR) is 59.6 cm³/mol. The average molecular weight is 221 g/mol. The molecular weight excluding hydrogens is 206 g/mol. The molecule has 1 fully saturated rings. The van der Waals surface area contributed by atoms with Crippen LogP contribution in [0.4, 0.5) is 10.7 Å². The van der Waals surface area contributed by atoms with E-state index in [4.69, 9.17) is 11.5 Å². The molecule has 1 aromatic heterocycles. The molecule has 86 valence electrons. The summed E-state index contributed by atoms with van der Waals surface area (Å²) in [5.41, 5.74) is 11.7. The first-order chi connectivity index (χ1) is 7.66. The lowest BCUT2D eigenvalue weighted by atomic mass is 9.95. The number of primary amides is 1. The maximum atomic E-state index is 11.1. The van der Waals surface area contributed by atoms with Gasteiger partial charge in [0.25, 0.3) is 0 Å². The van der Waals surface area contributed by atoms with Crippen LogP contribution in [-0.2, 0) is 0 Å². The van der Waals surface area contributed by atoms with Crippen molar-refractivity contribution in [3.8, 4) is 0 Å². The molecule has 0 aliphatic carbocycles. The first kappa shape index (κ1) is 10.7. The number of piperidine rings is 1. The number of carbonyl (C=O) groups is 1. The Morgan fingerprint density at radius 3 is 3.06 bits per heavy atom. The highest BCUT2D eigenvalue weighted by Gasteiger charge is 2.24. The number of nitrogens with zero attached hydrogens (tertiary/aromatic N) is 3. The molecule has 16 heavy (non-hydrogen) atoms. The van der Waals surface area contributed by atoms with E-state index in [1.54, 1.807) is 11.1 Å². The standard InChI is InChI=1S/C10H15N5O/c11-9-13-4-3-8(14-9)7-2-1-5-15(6-7)10(12)16/h3-4,7H,1-2,5-6H2,(H2,12,16)(H2,11,13,14). The number of anilines is 1. The highest BCUT2D eigenvalue weighted by molar-refractivity contribution is 5.72. The quantitative estimate of drug-likeness (QED) is 0.713. The summed E-state index contributed by atoms with van der Waals surface area (Å²) in [6.45, 7) is 1.35. The van der Waals surface area contributed by atoms with Gasteiger partial charge in [0, 0.05) is 25.2 Å². The molecule has 1 saturated heterocycles. The van der Waals surface area contributed by atoms with Crippen LogP contribution >= 0.6 is 0 Å². The molecule has 1 aliphatic heterocycles. The van der Waals surface area contributed by atoms with Gasteiger partial charge in [0.05, 0.1) is 5.69 Å². The SMILES string of the molecule is NC(=O)N1CCCC(c2ccnc(N)n2)C1. The molecule has 0 saturated carbocycles. The number of likely N-dealkylation sites (tertiary alicyclic amines) is 1. The summed E-state index contributed by atoms with van der Waals surface area (Å²) >= 11 is 0. The van der Waals surface area contributed by atoms with Crippen LogP contribution in [0, 0.1) is 0 Å². The first-order valence-electron chi connectivity index (χ1n) is 5.29. The minimum absolute atomic E-state index is 0.214. The van der Waals surface area contributed by atoms with E-state index in [0.717, 1.165) is 25.1 Å². The van der Waals surface area contributed by atoms with Crippen molar-refractivity contribution in [2.75, 3.05) is 18.8 Å². The molecule has 0 radical (unpaired) electrons. The summed E-state index contributed by atoms with van der Waals surface area (Å²) in [7, 11) is 0. The molecule has 1 atom stereocenters. The van der Waals surface area contributed by atoms with E-state index in [2.05, 4.69) is 9.97 Å². The number of nitrogens with two attached hydrogens (primary N) is 2. The maximum absolute atomic E-state index is 11.1. The van der Waals surface area contributed by atoms with Gasteiger partial charge in [0.2, 0.25) is 5.95 Å². The molecular formula is C10H15N5O. The fourth-order valence-electron chi connectivity index (χ4n) is 2.03. The number of carbonyl (C=O) groups excluding carboxylic acids is 1. The van der Waals surface area contributed by atoms with Gasteiger partial charge in [-0.3, -0.25) is 0 Å². The fraction of sp³-hybridized carbons (Fsp3) is 0.500. The largest absolute Gasteiger partial charge is 0.368 e. The van der Waals surface area contributed by atoms with E-state index in [9.17, 15) is 4.79 Å². The monoisotopic (exact) mass is 221 g/mol. The molecule has 0 bridgehead atoms. The van der Waals surface area contributed by atoms with Crippen molar-refractivity contribution in [2.45, 2.75) is 18.8 Å². The molecule has 2 amide bonds. The molecule has 1 aliphatic rings. The zero-order chi connectivity index (χ0) is 11.5. The van der Waals surface area contributed by atoms with Crippen LogP contribution in [0.3, 0.4) is 0 Å². The lowest BCUT2D eigenvalue weighted by Crippen LogP contribution is -2.42. The number of urea groups is 1. The minimum Gasteiger partial charge on any atom is -0.368 e. The summed E-state index contributed by atoms with van der Waals surface area (Å²) < 4.78 is 0. The number of nitrogen functional groups attached to an aromatic ring is 1. The minimum atomic E-state index is -0.369. The molecule has 0 aromatic carbocycles. The Morgan fingerprint density at radius 2 is 2.38 bits per heavy atom. The van der Waals surface area contributed by atoms with Gasteiger partial charge in [-0.05, 0) is 18.9 Å². The zero-order valence-corrected chi connectivity index (χ0v) is 8.97. The van der Waals surface area contributed by atoms with Gasteiger partial charge in [0.1, 0.15) is 0 Å². The Kier molecular flexibility index (Phi) is 2.89. The third-order valence-corrected chi connectivity index (χ3v) is 2.85. The number of aromatic nitrogens is 2. The zero-order valence-electron chi connectivity index (χ0n) is 8.97. The van der Waals surface area contributed by atoms with Crippen molar-refractivity contribution in [1.29, 1.82) is 0 Å². The number of amides is 2. The second-order valence-corrected chi connectivity index (χ2v) is 3.96. The Labute approximate surface area is 93.7 Å². The van der Waals surface area contributed by atoms with Crippen LogP contribution < -0.4 is 11.5 Å². The number of rotatable bonds is 1. The Hall–Kier alpha value is -1.85. The van der Waals surface area contributed by atoms with Gasteiger partial charge in [-0.15, -0.1) is 0 Å². The molecule has 4 N–H and O–H groups in total. The van der Waals surface area contributed by atoms with E-state index in [-0.39, 0.29) is 17.9 Å². The maximum Gasteiger partial charge on any atom is 0.314 e. The van der Waals surface area contributed by atoms with Crippen LogP contribution in [0.25, 0.3) is 0 Å². The number of hydrogen-bond acceptors (Lipinski definition) is 4. The smallest absolute Gasteiger partial charge is 0.314 e. The third-order valence-electron chi connectivity index (χ3n) is 2.85. The van der Waals surface area contributed by atoms with Crippen molar-refractivity contribution in [3.05, 3.63) is 18.0 Å². The third kappa shape index (κ3) is 2.21. The lowest BCUT2D eigenvalue weighted by Gasteiger charge is -2.31. The number of hydrogen-bond donors (Lipinski definition) is 2. The topological polar surface area (TPSA) is 98.1 Å². The molecule has 2 rings (SSSR count).